The molecule has 3 heteroatoms. The monoisotopic (exact) mass is 266 g/mol. The van der Waals surface area contributed by atoms with E-state index >= 15 is 0 Å². The van der Waals surface area contributed by atoms with Crippen molar-refractivity contribution in [2.45, 2.75) is 19.6 Å². The van der Waals surface area contributed by atoms with Gasteiger partial charge in [0.2, 0.25) is 0 Å². The van der Waals surface area contributed by atoms with Crippen molar-refractivity contribution in [2.75, 3.05) is 6.54 Å². The average Bonchev–Trinajstić information content (AvgIpc) is 2.47. The number of aliphatic hydroxyl groups excluding tert-OH is 1. The van der Waals surface area contributed by atoms with Crippen molar-refractivity contribution in [1.29, 1.82) is 5.26 Å². The molecule has 0 aromatic heterocycles. The summed E-state index contributed by atoms with van der Waals surface area (Å²) >= 11 is 0. The number of nitrogens with one attached hydrogen (secondary N) is 1. The summed E-state index contributed by atoms with van der Waals surface area (Å²) in [7, 11) is 0. The van der Waals surface area contributed by atoms with Crippen molar-refractivity contribution in [3.63, 3.8) is 0 Å². The standard InChI is InChI=1S/C17H18N2O/c1-13-3-2-4-15(9-13)11-19-12-17(20)16-7-5-14(10-18)6-8-16/h2-9,17,19-20H,11-12H2,1H3. The summed E-state index contributed by atoms with van der Waals surface area (Å²) in [6.07, 6.45) is -0.562. The van der Waals surface area contributed by atoms with Crippen LogP contribution in [0.2, 0.25) is 0 Å². The zero-order valence-corrected chi connectivity index (χ0v) is 11.5. The number of nitriles is 1. The Labute approximate surface area is 119 Å². The van der Waals surface area contributed by atoms with E-state index in [1.165, 1.54) is 11.1 Å². The summed E-state index contributed by atoms with van der Waals surface area (Å²) in [6, 6.07) is 17.4. The van der Waals surface area contributed by atoms with E-state index in [4.69, 9.17) is 5.26 Å². The zero-order valence-electron chi connectivity index (χ0n) is 11.5. The number of aliphatic hydroxyl groups is 1. The first kappa shape index (κ1) is 14.3. The van der Waals surface area contributed by atoms with Crippen LogP contribution in [0.25, 0.3) is 0 Å². The molecule has 0 spiro atoms. The lowest BCUT2D eigenvalue weighted by Gasteiger charge is -2.12. The van der Waals surface area contributed by atoms with Crippen LogP contribution in [0, 0.1) is 18.3 Å². The Morgan fingerprint density at radius 1 is 1.20 bits per heavy atom. The Bertz CT molecular complexity index is 599. The summed E-state index contributed by atoms with van der Waals surface area (Å²) < 4.78 is 0. The van der Waals surface area contributed by atoms with Gasteiger partial charge in [-0.05, 0) is 30.2 Å². The molecule has 0 heterocycles. The number of aryl methyl sites for hydroxylation is 1. The zero-order chi connectivity index (χ0) is 14.4. The molecule has 2 N–H and O–H groups in total. The molecule has 1 atom stereocenters. The summed E-state index contributed by atoms with van der Waals surface area (Å²) in [5.74, 6) is 0. The molecule has 0 saturated carbocycles. The predicted octanol–water partition coefficient (Wildman–Crippen LogP) is 2.69. The van der Waals surface area contributed by atoms with Gasteiger partial charge in [0.15, 0.2) is 0 Å². The molecule has 0 fully saturated rings. The fourth-order valence-corrected chi connectivity index (χ4v) is 2.07. The summed E-state index contributed by atoms with van der Waals surface area (Å²) in [5, 5.41) is 22.0. The van der Waals surface area contributed by atoms with Gasteiger partial charge in [-0.1, -0.05) is 42.0 Å². The van der Waals surface area contributed by atoms with Gasteiger partial charge >= 0.3 is 0 Å². The molecule has 0 aliphatic rings. The van der Waals surface area contributed by atoms with Crippen LogP contribution in [0.4, 0.5) is 0 Å². The van der Waals surface area contributed by atoms with Crippen LogP contribution in [0.3, 0.4) is 0 Å². The second-order valence-electron chi connectivity index (χ2n) is 4.87. The first-order valence-corrected chi connectivity index (χ1v) is 6.63. The van der Waals surface area contributed by atoms with Crippen molar-refractivity contribution in [2.24, 2.45) is 0 Å². The van der Waals surface area contributed by atoms with Crippen LogP contribution in [-0.4, -0.2) is 11.7 Å². The Kier molecular flexibility index (Phi) is 4.89. The molecule has 0 aliphatic carbocycles. The topological polar surface area (TPSA) is 56.0 Å². The minimum Gasteiger partial charge on any atom is -0.387 e. The van der Waals surface area contributed by atoms with E-state index in [0.717, 1.165) is 12.1 Å². The molecular weight excluding hydrogens is 248 g/mol. The largest absolute Gasteiger partial charge is 0.387 e. The number of nitrogens with zero attached hydrogens (tertiary/aromatic N) is 1. The maximum Gasteiger partial charge on any atom is 0.0991 e. The van der Waals surface area contributed by atoms with Crippen molar-refractivity contribution in [1.82, 2.24) is 5.32 Å². The number of hydrogen-bond acceptors (Lipinski definition) is 3. The molecule has 0 bridgehead atoms. The molecule has 102 valence electrons. The predicted molar refractivity (Wildman–Crippen MR) is 79.0 cm³/mol. The Hall–Kier alpha value is -2.15. The van der Waals surface area contributed by atoms with Crippen LogP contribution >= 0.6 is 0 Å². The molecule has 1 unspecified atom stereocenters. The van der Waals surface area contributed by atoms with Crippen LogP contribution in [0.5, 0.6) is 0 Å². The van der Waals surface area contributed by atoms with E-state index in [9.17, 15) is 5.11 Å². The molecule has 2 aromatic carbocycles. The van der Waals surface area contributed by atoms with E-state index in [2.05, 4.69) is 36.5 Å². The van der Waals surface area contributed by atoms with Crippen LogP contribution in [0.1, 0.15) is 28.4 Å². The van der Waals surface area contributed by atoms with Gasteiger partial charge < -0.3 is 10.4 Å². The highest BCUT2D eigenvalue weighted by atomic mass is 16.3. The van der Waals surface area contributed by atoms with E-state index in [0.29, 0.717) is 12.1 Å². The van der Waals surface area contributed by atoms with Gasteiger partial charge in [-0.15, -0.1) is 0 Å². The van der Waals surface area contributed by atoms with Crippen molar-refractivity contribution in [3.05, 3.63) is 70.8 Å². The molecule has 20 heavy (non-hydrogen) atoms. The third kappa shape index (κ3) is 3.92. The molecule has 0 aliphatic heterocycles. The van der Waals surface area contributed by atoms with Crippen molar-refractivity contribution in [3.8, 4) is 6.07 Å². The van der Waals surface area contributed by atoms with E-state index < -0.39 is 6.10 Å². The highest BCUT2D eigenvalue weighted by Gasteiger charge is 2.06. The van der Waals surface area contributed by atoms with Gasteiger partial charge in [-0.25, -0.2) is 0 Å². The lowest BCUT2D eigenvalue weighted by atomic mass is 10.1. The maximum absolute atomic E-state index is 10.1. The second kappa shape index (κ2) is 6.85. The fourth-order valence-electron chi connectivity index (χ4n) is 2.07. The van der Waals surface area contributed by atoms with E-state index in [1.54, 1.807) is 24.3 Å². The Morgan fingerprint density at radius 2 is 1.95 bits per heavy atom. The van der Waals surface area contributed by atoms with Gasteiger partial charge in [0.05, 0.1) is 17.7 Å². The first-order chi connectivity index (χ1) is 9.69. The SMILES string of the molecule is Cc1cccc(CNCC(O)c2ccc(C#N)cc2)c1. The number of benzene rings is 2. The highest BCUT2D eigenvalue weighted by molar-refractivity contribution is 5.32. The van der Waals surface area contributed by atoms with Crippen LogP contribution in [-0.2, 0) is 6.54 Å². The van der Waals surface area contributed by atoms with Crippen LogP contribution < -0.4 is 5.32 Å². The van der Waals surface area contributed by atoms with Gasteiger partial charge in [-0.2, -0.15) is 5.26 Å². The first-order valence-electron chi connectivity index (χ1n) is 6.63. The third-order valence-corrected chi connectivity index (χ3v) is 3.17. The highest BCUT2D eigenvalue weighted by Crippen LogP contribution is 2.13. The average molecular weight is 266 g/mol. The summed E-state index contributed by atoms with van der Waals surface area (Å²) in [5.41, 5.74) is 3.86. The van der Waals surface area contributed by atoms with Gasteiger partial charge in [0.1, 0.15) is 0 Å². The van der Waals surface area contributed by atoms with Crippen molar-refractivity contribution < 1.29 is 5.11 Å². The minimum absolute atomic E-state index is 0.486. The molecule has 0 saturated heterocycles. The molecule has 2 rings (SSSR count). The number of hydrogen-bond donors (Lipinski definition) is 2. The normalized spacial score (nSPS) is 11.8. The Morgan fingerprint density at radius 3 is 2.60 bits per heavy atom. The third-order valence-electron chi connectivity index (χ3n) is 3.17. The quantitative estimate of drug-likeness (QED) is 0.874. The van der Waals surface area contributed by atoms with Gasteiger partial charge in [0, 0.05) is 13.1 Å². The van der Waals surface area contributed by atoms with Crippen LogP contribution in [0.15, 0.2) is 48.5 Å². The lowest BCUT2D eigenvalue weighted by molar-refractivity contribution is 0.174. The molecule has 3 nitrogen and oxygen atoms in total. The minimum atomic E-state index is -0.562. The molecular formula is C17H18N2O. The molecule has 2 aromatic rings. The second-order valence-corrected chi connectivity index (χ2v) is 4.87. The summed E-state index contributed by atoms with van der Waals surface area (Å²) in [4.78, 5) is 0. The van der Waals surface area contributed by atoms with Gasteiger partial charge in [-0.3, -0.25) is 0 Å². The Balaban J connectivity index is 1.85. The van der Waals surface area contributed by atoms with E-state index in [-0.39, 0.29) is 0 Å². The maximum atomic E-state index is 10.1. The smallest absolute Gasteiger partial charge is 0.0991 e. The lowest BCUT2D eigenvalue weighted by Crippen LogP contribution is -2.21. The number of rotatable bonds is 5. The van der Waals surface area contributed by atoms with Crippen molar-refractivity contribution >= 4 is 0 Å². The molecule has 0 amide bonds. The van der Waals surface area contributed by atoms with Gasteiger partial charge in [0.25, 0.3) is 0 Å². The summed E-state index contributed by atoms with van der Waals surface area (Å²) in [6.45, 7) is 3.28. The fraction of sp³-hybridized carbons (Fsp3) is 0.235. The van der Waals surface area contributed by atoms with E-state index in [1.807, 2.05) is 6.07 Å². The molecule has 0 radical (unpaired) electrons.